The van der Waals surface area contributed by atoms with Crippen molar-refractivity contribution in [1.29, 1.82) is 0 Å². The smallest absolute Gasteiger partial charge is 0.326 e. The maximum absolute atomic E-state index is 14.5. The van der Waals surface area contributed by atoms with Crippen LogP contribution in [0.2, 0.25) is 10.0 Å². The highest BCUT2D eigenvalue weighted by Gasteiger charge is 2.45. The van der Waals surface area contributed by atoms with Crippen LogP contribution in [0.25, 0.3) is 0 Å². The van der Waals surface area contributed by atoms with Gasteiger partial charge in [0.1, 0.15) is 21.7 Å². The number of benzene rings is 2. The number of urea groups is 1. The third kappa shape index (κ3) is 6.89. The summed E-state index contributed by atoms with van der Waals surface area (Å²) in [5.41, 5.74) is 2.40. The van der Waals surface area contributed by atoms with Crippen molar-refractivity contribution in [2.24, 2.45) is 4.99 Å². The molecule has 3 aromatic rings. The van der Waals surface area contributed by atoms with Crippen LogP contribution in [0.4, 0.5) is 4.79 Å². The molecule has 2 aliphatic heterocycles. The Morgan fingerprint density at radius 3 is 2.17 bits per heavy atom. The number of carbonyl (C=O) groups excluding carboxylic acids is 1. The van der Waals surface area contributed by atoms with Crippen molar-refractivity contribution >= 4 is 44.9 Å². The van der Waals surface area contributed by atoms with Crippen LogP contribution in [0.15, 0.2) is 71.9 Å². The molecular formula is C30H33Cl2N5O4S. The SMILES string of the molecule is CCOc1ncccc1C1=N[C@H](c2ccc(Cl)cc2)[C@H](c2ccc(Cl)cc2)N1C(=O)N1CCN(CCS(C)(=O)=O)CC1. The first kappa shape index (κ1) is 30.3. The number of piperazine rings is 1. The zero-order valence-corrected chi connectivity index (χ0v) is 25.8. The highest BCUT2D eigenvalue weighted by atomic mass is 35.5. The van der Waals surface area contributed by atoms with E-state index in [9.17, 15) is 13.2 Å². The molecule has 0 radical (unpaired) electrons. The lowest BCUT2D eigenvalue weighted by Gasteiger charge is -2.39. The van der Waals surface area contributed by atoms with Crippen molar-refractivity contribution in [3.63, 3.8) is 0 Å². The van der Waals surface area contributed by atoms with Gasteiger partial charge in [0.2, 0.25) is 5.88 Å². The summed E-state index contributed by atoms with van der Waals surface area (Å²) in [6.07, 6.45) is 2.89. The highest BCUT2D eigenvalue weighted by Crippen LogP contribution is 2.45. The average molecular weight is 631 g/mol. The van der Waals surface area contributed by atoms with Gasteiger partial charge in [-0.3, -0.25) is 14.8 Å². The molecule has 12 heteroatoms. The molecule has 0 spiro atoms. The number of amides is 2. The van der Waals surface area contributed by atoms with E-state index in [0.717, 1.165) is 11.1 Å². The minimum atomic E-state index is -3.07. The molecule has 1 aromatic heterocycles. The Balaban J connectivity index is 1.55. The Morgan fingerprint density at radius 1 is 0.952 bits per heavy atom. The molecule has 1 fully saturated rings. The zero-order valence-electron chi connectivity index (χ0n) is 23.5. The molecule has 2 atom stereocenters. The van der Waals surface area contributed by atoms with Crippen LogP contribution in [0.5, 0.6) is 5.88 Å². The number of aliphatic imine (C=N–C) groups is 1. The normalized spacial score (nSPS) is 19.6. The summed E-state index contributed by atoms with van der Waals surface area (Å²) in [6.45, 7) is 4.79. The molecule has 0 bridgehead atoms. The monoisotopic (exact) mass is 629 g/mol. The molecule has 0 aliphatic carbocycles. The second kappa shape index (κ2) is 13.0. The molecule has 1 saturated heterocycles. The van der Waals surface area contributed by atoms with Gasteiger partial charge in [0, 0.05) is 55.2 Å². The van der Waals surface area contributed by atoms with Crippen molar-refractivity contribution in [2.45, 2.75) is 19.0 Å². The molecule has 0 N–H and O–H groups in total. The highest BCUT2D eigenvalue weighted by molar-refractivity contribution is 7.90. The molecule has 0 unspecified atom stereocenters. The van der Waals surface area contributed by atoms with Gasteiger partial charge in [-0.2, -0.15) is 0 Å². The van der Waals surface area contributed by atoms with Crippen molar-refractivity contribution in [3.8, 4) is 5.88 Å². The van der Waals surface area contributed by atoms with E-state index in [1.807, 2.05) is 61.5 Å². The van der Waals surface area contributed by atoms with Crippen LogP contribution in [0.1, 0.15) is 35.7 Å². The summed E-state index contributed by atoms with van der Waals surface area (Å²) in [4.78, 5) is 29.7. The van der Waals surface area contributed by atoms with Gasteiger partial charge in [-0.15, -0.1) is 0 Å². The van der Waals surface area contributed by atoms with Gasteiger partial charge >= 0.3 is 6.03 Å². The van der Waals surface area contributed by atoms with Crippen LogP contribution in [0.3, 0.4) is 0 Å². The number of aromatic nitrogens is 1. The Bertz CT molecular complexity index is 1540. The molecule has 3 heterocycles. The minimum absolute atomic E-state index is 0.0898. The molecule has 2 aromatic carbocycles. The number of ether oxygens (including phenoxy) is 1. The number of pyridine rings is 1. The summed E-state index contributed by atoms with van der Waals surface area (Å²) in [7, 11) is -3.07. The van der Waals surface area contributed by atoms with Gasteiger partial charge in [-0.25, -0.2) is 18.2 Å². The number of halogens is 2. The molecular weight excluding hydrogens is 597 g/mol. The zero-order chi connectivity index (χ0) is 29.9. The van der Waals surface area contributed by atoms with Crippen molar-refractivity contribution in [2.75, 3.05) is 51.3 Å². The fraction of sp³-hybridized carbons (Fsp3) is 0.367. The van der Waals surface area contributed by atoms with Gasteiger partial charge in [0.05, 0.1) is 24.0 Å². The number of carbonyl (C=O) groups is 1. The van der Waals surface area contributed by atoms with Gasteiger partial charge in [-0.1, -0.05) is 47.5 Å². The van der Waals surface area contributed by atoms with E-state index in [-0.39, 0.29) is 11.8 Å². The van der Waals surface area contributed by atoms with Crippen molar-refractivity contribution in [1.82, 2.24) is 19.7 Å². The summed E-state index contributed by atoms with van der Waals surface area (Å²) < 4.78 is 29.2. The summed E-state index contributed by atoms with van der Waals surface area (Å²) >= 11 is 12.5. The van der Waals surface area contributed by atoms with Gasteiger partial charge in [0.15, 0.2) is 0 Å². The fourth-order valence-electron chi connectivity index (χ4n) is 5.28. The Morgan fingerprint density at radius 2 is 1.57 bits per heavy atom. The standard InChI is InChI=1S/C30H33Cl2N5O4S/c1-3-41-29-25(5-4-14-33-29)28-34-26(21-6-10-23(31)11-7-21)27(22-8-12-24(32)13-9-22)37(28)30(38)36-17-15-35(16-18-36)19-20-42(2,39)40/h4-14,26-27H,3,15-20H2,1-2H3/t26-,27+/m1/s1. The van der Waals surface area contributed by atoms with Crippen LogP contribution in [-0.4, -0.2) is 91.3 Å². The van der Waals surface area contributed by atoms with E-state index in [2.05, 4.69) is 9.88 Å². The van der Waals surface area contributed by atoms with Crippen molar-refractivity contribution < 1.29 is 17.9 Å². The van der Waals surface area contributed by atoms with Gasteiger partial charge in [0.25, 0.3) is 0 Å². The number of sulfone groups is 1. The number of hydrogen-bond acceptors (Lipinski definition) is 7. The van der Waals surface area contributed by atoms with Gasteiger partial charge in [-0.05, 0) is 54.4 Å². The Labute approximate surface area is 256 Å². The first-order chi connectivity index (χ1) is 20.1. The molecule has 5 rings (SSSR count). The number of hydrogen-bond donors (Lipinski definition) is 0. The van der Waals surface area contributed by atoms with Gasteiger partial charge < -0.3 is 9.64 Å². The van der Waals surface area contributed by atoms with E-state index in [1.165, 1.54) is 6.26 Å². The van der Waals surface area contributed by atoms with Crippen LogP contribution in [0, 0.1) is 0 Å². The summed E-state index contributed by atoms with van der Waals surface area (Å²) in [5, 5.41) is 1.20. The van der Waals surface area contributed by atoms with E-state index < -0.39 is 21.9 Å². The summed E-state index contributed by atoms with van der Waals surface area (Å²) in [5.74, 6) is 0.955. The summed E-state index contributed by atoms with van der Waals surface area (Å²) in [6, 6.07) is 17.5. The first-order valence-electron chi connectivity index (χ1n) is 13.8. The van der Waals surface area contributed by atoms with E-state index in [0.29, 0.717) is 66.7 Å². The maximum Gasteiger partial charge on any atom is 0.326 e. The molecule has 42 heavy (non-hydrogen) atoms. The third-order valence-electron chi connectivity index (χ3n) is 7.41. The van der Waals surface area contributed by atoms with Crippen LogP contribution in [-0.2, 0) is 9.84 Å². The first-order valence-corrected chi connectivity index (χ1v) is 16.6. The lowest BCUT2D eigenvalue weighted by molar-refractivity contribution is 0.122. The quantitative estimate of drug-likeness (QED) is 0.343. The Kier molecular flexibility index (Phi) is 9.37. The second-order valence-corrected chi connectivity index (χ2v) is 13.5. The van der Waals surface area contributed by atoms with Crippen molar-refractivity contribution in [3.05, 3.63) is 93.6 Å². The lowest BCUT2D eigenvalue weighted by atomic mass is 9.93. The maximum atomic E-state index is 14.5. The molecule has 0 saturated carbocycles. The molecule has 222 valence electrons. The number of nitrogens with zero attached hydrogens (tertiary/aromatic N) is 5. The minimum Gasteiger partial charge on any atom is -0.477 e. The fourth-order valence-corrected chi connectivity index (χ4v) is 6.12. The molecule has 9 nitrogen and oxygen atoms in total. The number of rotatable bonds is 8. The Hall–Kier alpha value is -3.18. The molecule has 2 amide bonds. The van der Waals surface area contributed by atoms with E-state index >= 15 is 0 Å². The molecule has 2 aliphatic rings. The van der Waals surface area contributed by atoms with E-state index in [1.54, 1.807) is 22.1 Å². The second-order valence-electron chi connectivity index (χ2n) is 10.3. The van der Waals surface area contributed by atoms with E-state index in [4.69, 9.17) is 32.9 Å². The average Bonchev–Trinajstić information content (AvgIpc) is 3.37. The van der Waals surface area contributed by atoms with Crippen LogP contribution >= 0.6 is 23.2 Å². The third-order valence-corrected chi connectivity index (χ3v) is 8.84. The predicted octanol–water partition coefficient (Wildman–Crippen LogP) is 5.11. The lowest BCUT2D eigenvalue weighted by Crippen LogP contribution is -2.54. The number of amidine groups is 1. The van der Waals surface area contributed by atoms with Crippen LogP contribution < -0.4 is 4.74 Å². The largest absolute Gasteiger partial charge is 0.477 e. The topological polar surface area (TPSA) is 95.4 Å². The predicted molar refractivity (Wildman–Crippen MR) is 165 cm³/mol.